The predicted octanol–water partition coefficient (Wildman–Crippen LogP) is 3.92. The van der Waals surface area contributed by atoms with Gasteiger partial charge in [-0.3, -0.25) is 4.57 Å². The van der Waals surface area contributed by atoms with E-state index in [9.17, 15) is 0 Å². The zero-order valence-corrected chi connectivity index (χ0v) is 14.9. The number of aryl methyl sites for hydroxylation is 1. The van der Waals surface area contributed by atoms with Gasteiger partial charge in [-0.25, -0.2) is 4.98 Å². The van der Waals surface area contributed by atoms with E-state index in [0.717, 1.165) is 28.3 Å². The summed E-state index contributed by atoms with van der Waals surface area (Å²) in [6.45, 7) is 1.90. The predicted molar refractivity (Wildman–Crippen MR) is 100 cm³/mol. The van der Waals surface area contributed by atoms with Crippen molar-refractivity contribution >= 4 is 34.3 Å². The highest BCUT2D eigenvalue weighted by Crippen LogP contribution is 2.22. The van der Waals surface area contributed by atoms with E-state index < -0.39 is 0 Å². The molecular formula is C18H15ClN6O. The quantitative estimate of drug-likeness (QED) is 0.589. The maximum absolute atomic E-state index is 6.13. The van der Waals surface area contributed by atoms with Gasteiger partial charge >= 0.3 is 0 Å². The van der Waals surface area contributed by atoms with E-state index in [0.29, 0.717) is 11.9 Å². The molecule has 0 unspecified atom stereocenters. The van der Waals surface area contributed by atoms with Gasteiger partial charge in [0.1, 0.15) is 11.6 Å². The molecule has 2 heterocycles. The van der Waals surface area contributed by atoms with Gasteiger partial charge in [-0.05, 0) is 54.9 Å². The van der Waals surface area contributed by atoms with Crippen molar-refractivity contribution in [3.05, 3.63) is 59.6 Å². The van der Waals surface area contributed by atoms with Gasteiger partial charge in [-0.2, -0.15) is 15.0 Å². The SMILES string of the molecule is COc1ccc(Nc2nc(Cl)nc(-n3c(C)nc4ccccc43)n2)cc1. The third kappa shape index (κ3) is 3.04. The summed E-state index contributed by atoms with van der Waals surface area (Å²) in [4.78, 5) is 17.5. The fourth-order valence-corrected chi connectivity index (χ4v) is 2.85. The Morgan fingerprint density at radius 2 is 1.73 bits per heavy atom. The molecule has 0 aliphatic heterocycles. The number of methoxy groups -OCH3 is 1. The molecule has 0 saturated heterocycles. The number of hydrogen-bond donors (Lipinski definition) is 1. The van der Waals surface area contributed by atoms with E-state index in [-0.39, 0.29) is 5.28 Å². The minimum Gasteiger partial charge on any atom is -0.497 e. The summed E-state index contributed by atoms with van der Waals surface area (Å²) in [6.07, 6.45) is 0. The molecular weight excluding hydrogens is 352 g/mol. The van der Waals surface area contributed by atoms with Crippen molar-refractivity contribution in [2.45, 2.75) is 6.92 Å². The van der Waals surface area contributed by atoms with E-state index in [1.54, 1.807) is 7.11 Å². The van der Waals surface area contributed by atoms with Crippen LogP contribution in [0.2, 0.25) is 5.28 Å². The molecule has 0 saturated carbocycles. The van der Waals surface area contributed by atoms with E-state index in [1.165, 1.54) is 0 Å². The molecule has 130 valence electrons. The highest BCUT2D eigenvalue weighted by molar-refractivity contribution is 6.28. The molecule has 1 N–H and O–H groups in total. The van der Waals surface area contributed by atoms with Gasteiger partial charge in [0.25, 0.3) is 0 Å². The van der Waals surface area contributed by atoms with Crippen molar-refractivity contribution in [2.24, 2.45) is 0 Å². The van der Waals surface area contributed by atoms with Crippen LogP contribution in [-0.4, -0.2) is 31.6 Å². The third-order valence-electron chi connectivity index (χ3n) is 3.87. The standard InChI is InChI=1S/C18H15ClN6O/c1-11-20-14-5-3-4-6-15(14)25(11)18-23-16(19)22-17(24-18)21-12-7-9-13(26-2)10-8-12/h3-10H,1-2H3,(H,21,22,23,24). The van der Waals surface area contributed by atoms with Gasteiger partial charge in [0.15, 0.2) is 0 Å². The number of imidazole rings is 1. The Hall–Kier alpha value is -3.19. The molecule has 0 atom stereocenters. The lowest BCUT2D eigenvalue weighted by Gasteiger charge is -2.09. The van der Waals surface area contributed by atoms with Crippen LogP contribution in [0.25, 0.3) is 17.0 Å². The van der Waals surface area contributed by atoms with Crippen LogP contribution >= 0.6 is 11.6 Å². The van der Waals surface area contributed by atoms with E-state index in [4.69, 9.17) is 16.3 Å². The van der Waals surface area contributed by atoms with Gasteiger partial charge in [0.2, 0.25) is 17.2 Å². The second-order valence-corrected chi connectivity index (χ2v) is 5.90. The van der Waals surface area contributed by atoms with Gasteiger partial charge < -0.3 is 10.1 Å². The van der Waals surface area contributed by atoms with Crippen LogP contribution in [-0.2, 0) is 0 Å². The first-order valence-corrected chi connectivity index (χ1v) is 8.29. The zero-order chi connectivity index (χ0) is 18.1. The molecule has 0 bridgehead atoms. The smallest absolute Gasteiger partial charge is 0.241 e. The molecule has 2 aromatic heterocycles. The molecule has 7 nitrogen and oxygen atoms in total. The number of nitrogens with zero attached hydrogens (tertiary/aromatic N) is 5. The van der Waals surface area contributed by atoms with Crippen molar-refractivity contribution < 1.29 is 4.74 Å². The molecule has 8 heteroatoms. The Bertz CT molecular complexity index is 1080. The highest BCUT2D eigenvalue weighted by atomic mass is 35.5. The summed E-state index contributed by atoms with van der Waals surface area (Å²) in [5, 5.41) is 3.23. The van der Waals surface area contributed by atoms with Gasteiger partial charge in [0.05, 0.1) is 18.1 Å². The van der Waals surface area contributed by atoms with Crippen molar-refractivity contribution in [3.63, 3.8) is 0 Å². The van der Waals surface area contributed by atoms with E-state index in [2.05, 4.69) is 25.3 Å². The number of halogens is 1. The van der Waals surface area contributed by atoms with E-state index >= 15 is 0 Å². The maximum atomic E-state index is 6.13. The second kappa shape index (κ2) is 6.61. The topological polar surface area (TPSA) is 77.8 Å². The van der Waals surface area contributed by atoms with Gasteiger partial charge in [-0.1, -0.05) is 12.1 Å². The van der Waals surface area contributed by atoms with Crippen molar-refractivity contribution in [3.8, 4) is 11.7 Å². The number of rotatable bonds is 4. The Morgan fingerprint density at radius 3 is 2.50 bits per heavy atom. The molecule has 0 amide bonds. The summed E-state index contributed by atoms with van der Waals surface area (Å²) in [6, 6.07) is 15.2. The number of benzene rings is 2. The molecule has 0 fully saturated rings. The van der Waals surface area contributed by atoms with Crippen LogP contribution in [0.4, 0.5) is 11.6 Å². The highest BCUT2D eigenvalue weighted by Gasteiger charge is 2.14. The first kappa shape index (κ1) is 16.3. The molecule has 26 heavy (non-hydrogen) atoms. The number of aromatic nitrogens is 5. The summed E-state index contributed by atoms with van der Waals surface area (Å²) in [7, 11) is 1.62. The average molecular weight is 367 g/mol. The van der Waals surface area contributed by atoms with E-state index in [1.807, 2.05) is 60.0 Å². The van der Waals surface area contributed by atoms with Crippen LogP contribution in [0.5, 0.6) is 5.75 Å². The fraction of sp³-hybridized carbons (Fsp3) is 0.111. The molecule has 0 radical (unpaired) electrons. The Labute approximate surface area is 154 Å². The van der Waals surface area contributed by atoms with Gasteiger partial charge in [-0.15, -0.1) is 0 Å². The largest absolute Gasteiger partial charge is 0.497 e. The Balaban J connectivity index is 1.75. The lowest BCUT2D eigenvalue weighted by atomic mass is 10.3. The second-order valence-electron chi connectivity index (χ2n) is 5.56. The lowest BCUT2D eigenvalue weighted by Crippen LogP contribution is -2.07. The van der Waals surface area contributed by atoms with Crippen molar-refractivity contribution in [1.29, 1.82) is 0 Å². The molecule has 2 aromatic carbocycles. The summed E-state index contributed by atoms with van der Waals surface area (Å²) < 4.78 is 7.01. The van der Waals surface area contributed by atoms with Crippen LogP contribution in [0.3, 0.4) is 0 Å². The summed E-state index contributed by atoms with van der Waals surface area (Å²) in [5.74, 6) is 2.30. The fourth-order valence-electron chi connectivity index (χ4n) is 2.70. The molecule has 4 aromatic rings. The molecule has 0 spiro atoms. The Morgan fingerprint density at radius 1 is 0.962 bits per heavy atom. The van der Waals surface area contributed by atoms with Crippen LogP contribution in [0, 0.1) is 6.92 Å². The summed E-state index contributed by atoms with van der Waals surface area (Å²) >= 11 is 6.13. The third-order valence-corrected chi connectivity index (χ3v) is 4.04. The van der Waals surface area contributed by atoms with Gasteiger partial charge in [0, 0.05) is 5.69 Å². The number of ether oxygens (including phenoxy) is 1. The van der Waals surface area contributed by atoms with Crippen LogP contribution in [0.15, 0.2) is 48.5 Å². The van der Waals surface area contributed by atoms with Crippen molar-refractivity contribution in [2.75, 3.05) is 12.4 Å². The molecule has 0 aliphatic rings. The molecule has 4 rings (SSSR count). The van der Waals surface area contributed by atoms with Crippen LogP contribution < -0.4 is 10.1 Å². The number of nitrogens with one attached hydrogen (secondary N) is 1. The minimum atomic E-state index is 0.100. The Kier molecular flexibility index (Phi) is 4.14. The zero-order valence-electron chi connectivity index (χ0n) is 14.1. The minimum absolute atomic E-state index is 0.100. The summed E-state index contributed by atoms with van der Waals surface area (Å²) in [5.41, 5.74) is 2.58. The maximum Gasteiger partial charge on any atom is 0.241 e. The lowest BCUT2D eigenvalue weighted by molar-refractivity contribution is 0.415. The molecule has 0 aliphatic carbocycles. The number of fused-ring (bicyclic) bond motifs is 1. The van der Waals surface area contributed by atoms with Crippen LogP contribution in [0.1, 0.15) is 5.82 Å². The van der Waals surface area contributed by atoms with Crippen molar-refractivity contribution in [1.82, 2.24) is 24.5 Å². The first-order valence-electron chi connectivity index (χ1n) is 7.91. The number of anilines is 2. The normalized spacial score (nSPS) is 10.9. The first-order chi connectivity index (χ1) is 12.6. The number of para-hydroxylation sites is 2. The monoisotopic (exact) mass is 366 g/mol. The average Bonchev–Trinajstić information content (AvgIpc) is 2.97. The number of hydrogen-bond acceptors (Lipinski definition) is 6.